The zero-order chi connectivity index (χ0) is 21.6. The van der Waals surface area contributed by atoms with Gasteiger partial charge >= 0.3 is 29.6 Å². The molecule has 4 rings (SSSR count). The number of carbonyl (C=O) groups is 3. The number of hydrogen-bond acceptors (Lipinski definition) is 7. The Morgan fingerprint density at radius 2 is 1.39 bits per heavy atom. The van der Waals surface area contributed by atoms with Gasteiger partial charge in [-0.15, -0.1) is 0 Å². The van der Waals surface area contributed by atoms with Gasteiger partial charge in [0.05, 0.1) is 27.4 Å². The number of amides is 1. The van der Waals surface area contributed by atoms with Crippen molar-refractivity contribution < 1.29 is 56.9 Å². The van der Waals surface area contributed by atoms with Crippen LogP contribution >= 0.6 is 0 Å². The molecule has 1 aliphatic rings. The fraction of sp³-hybridized carbons (Fsp3) is 0. The largest absolute Gasteiger partial charge is 1.00 e. The number of anilines is 2. The van der Waals surface area contributed by atoms with Crippen molar-refractivity contribution in [3.63, 3.8) is 0 Å². The van der Waals surface area contributed by atoms with Crippen molar-refractivity contribution in [3.05, 3.63) is 88.5 Å². The minimum absolute atomic E-state index is 0. The van der Waals surface area contributed by atoms with Crippen LogP contribution in [0.5, 0.6) is 0 Å². The van der Waals surface area contributed by atoms with Gasteiger partial charge in [0.15, 0.2) is 11.6 Å². The minimum atomic E-state index is -5.10. The van der Waals surface area contributed by atoms with Gasteiger partial charge in [-0.2, -0.15) is 0 Å². The molecule has 0 saturated carbocycles. The van der Waals surface area contributed by atoms with E-state index < -0.39 is 43.7 Å². The molecular formula is C21H13N2NaO6S. The first-order valence-electron chi connectivity index (χ1n) is 8.67. The number of hydrogen-bond donors (Lipinski definition) is 2. The summed E-state index contributed by atoms with van der Waals surface area (Å²) in [5, 5.41) is 2.44. The summed E-state index contributed by atoms with van der Waals surface area (Å²) in [5.74, 6) is -1.99. The summed E-state index contributed by atoms with van der Waals surface area (Å²) in [6, 6.07) is 14.7. The van der Waals surface area contributed by atoms with Crippen molar-refractivity contribution in [1.82, 2.24) is 0 Å². The zero-order valence-corrected chi connectivity index (χ0v) is 19.0. The van der Waals surface area contributed by atoms with E-state index in [1.807, 2.05) is 0 Å². The van der Waals surface area contributed by atoms with E-state index in [0.29, 0.717) is 0 Å². The van der Waals surface area contributed by atoms with Gasteiger partial charge in [-0.1, -0.05) is 42.5 Å². The van der Waals surface area contributed by atoms with Crippen molar-refractivity contribution in [2.24, 2.45) is 0 Å². The molecule has 0 radical (unpaired) electrons. The zero-order valence-electron chi connectivity index (χ0n) is 16.2. The van der Waals surface area contributed by atoms with E-state index in [1.54, 1.807) is 24.3 Å². The van der Waals surface area contributed by atoms with E-state index in [-0.39, 0.29) is 57.5 Å². The van der Waals surface area contributed by atoms with Crippen LogP contribution in [0.3, 0.4) is 0 Å². The molecule has 0 saturated heterocycles. The van der Waals surface area contributed by atoms with E-state index in [2.05, 4.69) is 5.32 Å². The molecule has 0 atom stereocenters. The van der Waals surface area contributed by atoms with Gasteiger partial charge in [0, 0.05) is 16.7 Å². The number of nitrogens with two attached hydrogens (primary N) is 1. The van der Waals surface area contributed by atoms with Crippen molar-refractivity contribution in [2.45, 2.75) is 4.90 Å². The maximum Gasteiger partial charge on any atom is 1.00 e. The normalized spacial score (nSPS) is 12.4. The predicted molar refractivity (Wildman–Crippen MR) is 107 cm³/mol. The first-order valence-corrected chi connectivity index (χ1v) is 10.1. The Morgan fingerprint density at radius 1 is 0.871 bits per heavy atom. The summed E-state index contributed by atoms with van der Waals surface area (Å²) >= 11 is 0. The minimum Gasteiger partial charge on any atom is -0.744 e. The van der Waals surface area contributed by atoms with Crippen LogP contribution in [-0.4, -0.2) is 30.4 Å². The number of benzene rings is 3. The molecule has 0 aromatic heterocycles. The molecule has 0 spiro atoms. The fourth-order valence-corrected chi connectivity index (χ4v) is 4.02. The van der Waals surface area contributed by atoms with Crippen LogP contribution in [0, 0.1) is 0 Å². The third kappa shape index (κ3) is 3.93. The second-order valence-corrected chi connectivity index (χ2v) is 7.91. The second-order valence-electron chi connectivity index (χ2n) is 6.56. The predicted octanol–water partition coefficient (Wildman–Crippen LogP) is -0.795. The molecule has 3 aromatic rings. The summed E-state index contributed by atoms with van der Waals surface area (Å²) in [7, 11) is -5.10. The summed E-state index contributed by atoms with van der Waals surface area (Å²) in [4.78, 5) is 37.9. The average molecular weight is 444 g/mol. The van der Waals surface area contributed by atoms with Gasteiger partial charge in [0.2, 0.25) is 0 Å². The number of nitrogen functional groups attached to an aromatic ring is 1. The first kappa shape index (κ1) is 22.9. The van der Waals surface area contributed by atoms with Crippen LogP contribution in [0.2, 0.25) is 0 Å². The quantitative estimate of drug-likeness (QED) is 0.239. The molecule has 0 aliphatic heterocycles. The third-order valence-corrected chi connectivity index (χ3v) is 5.63. The van der Waals surface area contributed by atoms with Crippen molar-refractivity contribution >= 4 is 39.0 Å². The molecule has 31 heavy (non-hydrogen) atoms. The van der Waals surface area contributed by atoms with Crippen molar-refractivity contribution in [2.75, 3.05) is 11.1 Å². The van der Waals surface area contributed by atoms with Crippen molar-refractivity contribution in [1.29, 1.82) is 0 Å². The van der Waals surface area contributed by atoms with E-state index in [0.717, 1.165) is 6.07 Å². The fourth-order valence-electron chi connectivity index (χ4n) is 3.38. The molecule has 8 nitrogen and oxygen atoms in total. The number of carbonyl (C=O) groups excluding carboxylic acids is 3. The van der Waals surface area contributed by atoms with E-state index in [4.69, 9.17) is 5.73 Å². The van der Waals surface area contributed by atoms with Gasteiger partial charge < -0.3 is 15.6 Å². The maximum absolute atomic E-state index is 13.1. The topological polar surface area (TPSA) is 146 Å². The Bertz CT molecular complexity index is 1350. The average Bonchev–Trinajstić information content (AvgIpc) is 2.72. The molecular weight excluding hydrogens is 431 g/mol. The molecule has 0 unspecified atom stereocenters. The Hall–Kier alpha value is -2.82. The molecule has 3 aromatic carbocycles. The van der Waals surface area contributed by atoms with E-state index in [1.165, 1.54) is 30.3 Å². The molecule has 0 bridgehead atoms. The number of fused-ring (bicyclic) bond motifs is 2. The summed E-state index contributed by atoms with van der Waals surface area (Å²) in [5.41, 5.74) is 4.61. The Labute approximate surface area is 199 Å². The molecule has 1 aliphatic carbocycles. The number of rotatable bonds is 3. The summed E-state index contributed by atoms with van der Waals surface area (Å²) < 4.78 is 35.2. The molecule has 10 heteroatoms. The van der Waals surface area contributed by atoms with Crippen LogP contribution in [0.15, 0.2) is 65.6 Å². The Morgan fingerprint density at radius 3 is 1.94 bits per heavy atom. The van der Waals surface area contributed by atoms with Crippen LogP contribution in [0.1, 0.15) is 42.2 Å². The number of nitrogens with one attached hydrogen (secondary N) is 1. The van der Waals surface area contributed by atoms with Gasteiger partial charge in [0.25, 0.3) is 5.91 Å². The SMILES string of the molecule is Nc1c(S(=O)(=O)[O-])cc(NC(=O)c2ccccc2)c2c1C(=O)c1ccccc1C2=O.[Na+]. The van der Waals surface area contributed by atoms with E-state index >= 15 is 0 Å². The standard InChI is InChI=1S/C21H14N2O6S.Na/c22-18-15(30(27,28)29)10-14(23-21(26)11-6-2-1-3-7-11)16-17(18)20(25)13-9-5-4-8-12(13)19(16)24;/h1-10H,22H2,(H,23,26)(H,27,28,29);/q;+1/p-1. The summed E-state index contributed by atoms with van der Waals surface area (Å²) in [6.07, 6.45) is 0. The number of ketones is 2. The molecule has 0 fully saturated rings. The van der Waals surface area contributed by atoms with Gasteiger partial charge in [0.1, 0.15) is 10.1 Å². The van der Waals surface area contributed by atoms with Gasteiger partial charge in [-0.25, -0.2) is 8.42 Å². The maximum atomic E-state index is 13.1. The van der Waals surface area contributed by atoms with Crippen LogP contribution < -0.4 is 40.6 Å². The molecule has 0 heterocycles. The monoisotopic (exact) mass is 444 g/mol. The van der Waals surface area contributed by atoms with Crippen LogP contribution in [-0.2, 0) is 10.1 Å². The Balaban J connectivity index is 0.00000272. The van der Waals surface area contributed by atoms with Crippen LogP contribution in [0.4, 0.5) is 11.4 Å². The van der Waals surface area contributed by atoms with Gasteiger partial charge in [-0.05, 0) is 18.2 Å². The van der Waals surface area contributed by atoms with Crippen molar-refractivity contribution in [3.8, 4) is 0 Å². The molecule has 3 N–H and O–H groups in total. The summed E-state index contributed by atoms with van der Waals surface area (Å²) in [6.45, 7) is 0. The molecule has 150 valence electrons. The molecule has 1 amide bonds. The first-order chi connectivity index (χ1) is 14.2. The third-order valence-electron chi connectivity index (χ3n) is 4.75. The second kappa shape index (κ2) is 8.37. The smallest absolute Gasteiger partial charge is 0.744 e. The van der Waals surface area contributed by atoms with Crippen LogP contribution in [0.25, 0.3) is 0 Å². The van der Waals surface area contributed by atoms with E-state index in [9.17, 15) is 27.4 Å². The van der Waals surface area contributed by atoms with Gasteiger partial charge in [-0.3, -0.25) is 14.4 Å². The Kier molecular flexibility index (Phi) is 6.17.